The van der Waals surface area contributed by atoms with E-state index < -0.39 is 23.2 Å². The van der Waals surface area contributed by atoms with Crippen molar-refractivity contribution in [2.24, 2.45) is 0 Å². The summed E-state index contributed by atoms with van der Waals surface area (Å²) < 4.78 is 43.2. The highest BCUT2D eigenvalue weighted by Gasteiger charge is 2.36. The van der Waals surface area contributed by atoms with Crippen LogP contribution in [-0.4, -0.2) is 0 Å². The number of alkyl halides is 3. The first-order valence-electron chi connectivity index (χ1n) is 5.08. The van der Waals surface area contributed by atoms with Crippen LogP contribution >= 0.6 is 0 Å². The predicted molar refractivity (Wildman–Crippen MR) is 58.1 cm³/mol. The summed E-state index contributed by atoms with van der Waals surface area (Å²) in [4.78, 5) is 0. The van der Waals surface area contributed by atoms with E-state index in [1.807, 2.05) is 0 Å². The van der Waals surface area contributed by atoms with E-state index in [1.54, 1.807) is 18.2 Å². The maximum Gasteiger partial charge on any atom is 0.420 e. The van der Waals surface area contributed by atoms with Crippen molar-refractivity contribution in [1.29, 1.82) is 0 Å². The second-order valence-electron chi connectivity index (χ2n) is 3.55. The summed E-state index contributed by atoms with van der Waals surface area (Å²) in [7, 11) is 0. The number of ether oxygens (including phenoxy) is 1. The molecule has 0 N–H and O–H groups in total. The van der Waals surface area contributed by atoms with Crippen molar-refractivity contribution in [3.8, 4) is 17.2 Å². The Morgan fingerprint density at radius 3 is 2.17 bits per heavy atom. The molecule has 0 fully saturated rings. The fraction of sp³-hybridized carbons (Fsp3) is 0.0769. The molecule has 0 aliphatic heterocycles. The van der Waals surface area contributed by atoms with Gasteiger partial charge in [-0.3, -0.25) is 5.11 Å². The van der Waals surface area contributed by atoms with Crippen LogP contribution in [0.1, 0.15) is 5.56 Å². The number of halogens is 3. The molecule has 18 heavy (non-hydrogen) atoms. The lowest BCUT2D eigenvalue weighted by molar-refractivity contribution is -0.138. The molecule has 0 atom stereocenters. The van der Waals surface area contributed by atoms with Crippen LogP contribution in [0.4, 0.5) is 13.2 Å². The molecule has 0 saturated carbocycles. The van der Waals surface area contributed by atoms with Crippen molar-refractivity contribution in [2.45, 2.75) is 6.18 Å². The Bertz CT molecular complexity index is 536. The lowest BCUT2D eigenvalue weighted by Gasteiger charge is -2.13. The van der Waals surface area contributed by atoms with Gasteiger partial charge in [0.15, 0.2) is 5.75 Å². The number of benzene rings is 2. The van der Waals surface area contributed by atoms with Crippen LogP contribution in [0.5, 0.6) is 17.2 Å². The zero-order valence-electron chi connectivity index (χ0n) is 9.07. The van der Waals surface area contributed by atoms with E-state index in [4.69, 9.17) is 4.74 Å². The van der Waals surface area contributed by atoms with Crippen molar-refractivity contribution in [3.05, 3.63) is 54.1 Å². The second kappa shape index (κ2) is 4.60. The third-order valence-corrected chi connectivity index (χ3v) is 2.25. The van der Waals surface area contributed by atoms with Crippen LogP contribution in [0.3, 0.4) is 0 Å². The topological polar surface area (TPSA) is 29.1 Å². The summed E-state index contributed by atoms with van der Waals surface area (Å²) in [5.74, 6) is -1.31. The Kier molecular flexibility index (Phi) is 3.14. The molecule has 0 unspecified atom stereocenters. The van der Waals surface area contributed by atoms with E-state index in [1.165, 1.54) is 12.1 Å². The van der Waals surface area contributed by atoms with Gasteiger partial charge in [-0.2, -0.15) is 13.2 Å². The van der Waals surface area contributed by atoms with Crippen molar-refractivity contribution >= 4 is 0 Å². The molecule has 0 bridgehead atoms. The lowest BCUT2D eigenvalue weighted by atomic mass is 10.2. The maximum absolute atomic E-state index is 12.7. The Hall–Kier alpha value is -2.17. The van der Waals surface area contributed by atoms with Gasteiger partial charge < -0.3 is 4.74 Å². The lowest BCUT2D eigenvalue weighted by Crippen LogP contribution is -2.06. The average Bonchev–Trinajstić information content (AvgIpc) is 2.32. The molecule has 2 aromatic rings. The third-order valence-electron chi connectivity index (χ3n) is 2.25. The first kappa shape index (κ1) is 12.3. The van der Waals surface area contributed by atoms with Crippen LogP contribution in [0, 0.1) is 0 Å². The molecule has 0 amide bonds. The Morgan fingerprint density at radius 2 is 1.56 bits per heavy atom. The molecular weight excluding hydrogens is 245 g/mol. The van der Waals surface area contributed by atoms with Crippen molar-refractivity contribution < 1.29 is 23.0 Å². The van der Waals surface area contributed by atoms with Gasteiger partial charge in [0, 0.05) is 0 Å². The Labute approximate surface area is 101 Å². The van der Waals surface area contributed by atoms with Crippen LogP contribution in [0.25, 0.3) is 0 Å². The second-order valence-corrected chi connectivity index (χ2v) is 3.55. The van der Waals surface area contributed by atoms with E-state index >= 15 is 0 Å². The molecule has 0 heterocycles. The minimum atomic E-state index is -4.62. The van der Waals surface area contributed by atoms with Crippen molar-refractivity contribution in [3.63, 3.8) is 0 Å². The Morgan fingerprint density at radius 1 is 0.889 bits per heavy atom. The quantitative estimate of drug-likeness (QED) is 0.766. The van der Waals surface area contributed by atoms with Gasteiger partial charge in [0.05, 0.1) is 0 Å². The van der Waals surface area contributed by atoms with E-state index in [0.29, 0.717) is 0 Å². The third kappa shape index (κ3) is 2.56. The monoisotopic (exact) mass is 253 g/mol. The summed E-state index contributed by atoms with van der Waals surface area (Å²) in [6.45, 7) is 0. The van der Waals surface area contributed by atoms with Gasteiger partial charge in [0.2, 0.25) is 5.75 Å². The molecule has 2 aromatic carbocycles. The molecule has 0 aliphatic rings. The maximum atomic E-state index is 12.7. The molecular formula is C13H8F3O2. The SMILES string of the molecule is [O]c1cccc(C(F)(F)F)c1Oc1ccccc1. The fourth-order valence-electron chi connectivity index (χ4n) is 1.45. The molecule has 1 radical (unpaired) electrons. The summed E-state index contributed by atoms with van der Waals surface area (Å²) in [6, 6.07) is 10.8. The van der Waals surface area contributed by atoms with Gasteiger partial charge in [-0.25, -0.2) is 0 Å². The van der Waals surface area contributed by atoms with Gasteiger partial charge in [-0.15, -0.1) is 0 Å². The summed E-state index contributed by atoms with van der Waals surface area (Å²) >= 11 is 0. The molecule has 0 saturated heterocycles. The molecule has 2 rings (SSSR count). The fourth-order valence-corrected chi connectivity index (χ4v) is 1.45. The highest BCUT2D eigenvalue weighted by atomic mass is 19.4. The molecule has 2 nitrogen and oxygen atoms in total. The molecule has 0 aromatic heterocycles. The van der Waals surface area contributed by atoms with E-state index in [-0.39, 0.29) is 5.75 Å². The standard InChI is InChI=1S/C13H8F3O2/c14-13(15,16)10-7-4-8-11(17)12(10)18-9-5-2-1-3-6-9/h1-8H. The van der Waals surface area contributed by atoms with Crippen LogP contribution in [0.2, 0.25) is 0 Å². The van der Waals surface area contributed by atoms with Crippen LogP contribution in [-0.2, 0) is 11.3 Å². The summed E-state index contributed by atoms with van der Waals surface area (Å²) in [6.07, 6.45) is -4.62. The van der Waals surface area contributed by atoms with Gasteiger partial charge in [0.1, 0.15) is 11.3 Å². The number of hydrogen-bond donors (Lipinski definition) is 0. The van der Waals surface area contributed by atoms with Gasteiger partial charge >= 0.3 is 6.18 Å². The summed E-state index contributed by atoms with van der Waals surface area (Å²) in [5.41, 5.74) is -1.07. The number of rotatable bonds is 2. The minimum Gasteiger partial charge on any atom is -0.453 e. The number of para-hydroxylation sites is 2. The van der Waals surface area contributed by atoms with E-state index in [0.717, 1.165) is 18.2 Å². The van der Waals surface area contributed by atoms with E-state index in [2.05, 4.69) is 0 Å². The predicted octanol–water partition coefficient (Wildman–Crippen LogP) is 4.64. The minimum absolute atomic E-state index is 0.186. The molecule has 93 valence electrons. The molecule has 5 heteroatoms. The van der Waals surface area contributed by atoms with Gasteiger partial charge in [0.25, 0.3) is 0 Å². The largest absolute Gasteiger partial charge is 0.453 e. The van der Waals surface area contributed by atoms with Crippen molar-refractivity contribution in [2.75, 3.05) is 0 Å². The first-order valence-corrected chi connectivity index (χ1v) is 5.08. The van der Waals surface area contributed by atoms with Gasteiger partial charge in [-0.05, 0) is 24.3 Å². The van der Waals surface area contributed by atoms with Crippen LogP contribution in [0.15, 0.2) is 48.5 Å². The highest BCUT2D eigenvalue weighted by molar-refractivity contribution is 5.49. The zero-order chi connectivity index (χ0) is 13.2. The number of hydrogen-bond acceptors (Lipinski definition) is 1. The first-order chi connectivity index (χ1) is 8.48. The highest BCUT2D eigenvalue weighted by Crippen LogP contribution is 2.43. The summed E-state index contributed by atoms with van der Waals surface area (Å²) in [5, 5.41) is 11.5. The van der Waals surface area contributed by atoms with Crippen LogP contribution < -0.4 is 4.74 Å². The van der Waals surface area contributed by atoms with Crippen molar-refractivity contribution in [1.82, 2.24) is 0 Å². The molecule has 0 aliphatic carbocycles. The zero-order valence-corrected chi connectivity index (χ0v) is 9.07. The normalized spacial score (nSPS) is 11.3. The smallest absolute Gasteiger partial charge is 0.420 e. The molecule has 0 spiro atoms. The average molecular weight is 253 g/mol. The Balaban J connectivity index is 2.44. The van der Waals surface area contributed by atoms with Gasteiger partial charge in [-0.1, -0.05) is 24.3 Å². The van der Waals surface area contributed by atoms with E-state index in [9.17, 15) is 18.3 Å².